The highest BCUT2D eigenvalue weighted by Gasteiger charge is 2.18. The van der Waals surface area contributed by atoms with Gasteiger partial charge in [-0.25, -0.2) is 4.68 Å². The zero-order chi connectivity index (χ0) is 21.2. The highest BCUT2D eigenvalue weighted by Crippen LogP contribution is 2.24. The number of hydrogen-bond acceptors (Lipinski definition) is 5. The van der Waals surface area contributed by atoms with Gasteiger partial charge >= 0.3 is 0 Å². The average molecular weight is 416 g/mol. The van der Waals surface area contributed by atoms with Gasteiger partial charge in [0.25, 0.3) is 5.91 Å². The lowest BCUT2D eigenvalue weighted by molar-refractivity contribution is 0.0937. The summed E-state index contributed by atoms with van der Waals surface area (Å²) in [6.45, 7) is 2.90. The van der Waals surface area contributed by atoms with Crippen LogP contribution in [0.2, 0.25) is 0 Å². The summed E-state index contributed by atoms with van der Waals surface area (Å²) in [5.74, 6) is 0.482. The lowest BCUT2D eigenvalue weighted by Gasteiger charge is -2.29. The molecule has 1 aliphatic rings. The van der Waals surface area contributed by atoms with E-state index < -0.39 is 0 Å². The number of fused-ring (bicyclic) bond motifs is 1. The van der Waals surface area contributed by atoms with Gasteiger partial charge < -0.3 is 10.2 Å². The third-order valence-electron chi connectivity index (χ3n) is 5.87. The number of carbonyl (C=O) groups is 1. The number of carbonyl (C=O) groups excluding carboxylic acids is 1. The number of piperidine rings is 1. The van der Waals surface area contributed by atoms with Gasteiger partial charge in [0.1, 0.15) is 11.4 Å². The number of nitrogens with zero attached hydrogens (tertiary/aromatic N) is 5. The summed E-state index contributed by atoms with van der Waals surface area (Å²) in [6, 6.07) is 15.3. The first-order chi connectivity index (χ1) is 15.2. The molecule has 1 unspecified atom stereocenters. The van der Waals surface area contributed by atoms with E-state index in [2.05, 4.69) is 37.8 Å². The second kappa shape index (κ2) is 8.31. The van der Waals surface area contributed by atoms with E-state index in [9.17, 15) is 4.79 Å². The van der Waals surface area contributed by atoms with Gasteiger partial charge in [-0.15, -0.1) is 5.10 Å². The summed E-state index contributed by atoms with van der Waals surface area (Å²) in [7, 11) is 2.14. The van der Waals surface area contributed by atoms with Gasteiger partial charge in [0.05, 0.1) is 17.4 Å². The zero-order valence-corrected chi connectivity index (χ0v) is 17.5. The number of H-pyrrole nitrogens is 1. The molecule has 31 heavy (non-hydrogen) atoms. The van der Waals surface area contributed by atoms with Crippen molar-refractivity contribution in [2.75, 3.05) is 26.7 Å². The highest BCUT2D eigenvalue weighted by molar-refractivity contribution is 5.94. The molecule has 2 aromatic carbocycles. The Balaban J connectivity index is 1.26. The summed E-state index contributed by atoms with van der Waals surface area (Å²) < 4.78 is 1.69. The quantitative estimate of drug-likeness (QED) is 0.523. The van der Waals surface area contributed by atoms with Crippen molar-refractivity contribution in [3.8, 4) is 17.1 Å². The molecule has 1 atom stereocenters. The van der Waals surface area contributed by atoms with Gasteiger partial charge in [-0.1, -0.05) is 23.4 Å². The third-order valence-corrected chi connectivity index (χ3v) is 5.87. The van der Waals surface area contributed by atoms with E-state index in [1.807, 2.05) is 54.7 Å². The first kappa shape index (κ1) is 19.4. The van der Waals surface area contributed by atoms with Gasteiger partial charge in [-0.05, 0) is 62.7 Å². The molecule has 0 spiro atoms. The van der Waals surface area contributed by atoms with E-state index in [-0.39, 0.29) is 5.91 Å². The fourth-order valence-corrected chi connectivity index (χ4v) is 4.20. The summed E-state index contributed by atoms with van der Waals surface area (Å²) in [6.07, 6.45) is 4.21. The van der Waals surface area contributed by atoms with Crippen LogP contribution in [0.4, 0.5) is 0 Å². The van der Waals surface area contributed by atoms with E-state index in [0.717, 1.165) is 41.9 Å². The molecule has 8 nitrogen and oxygen atoms in total. The second-order valence-electron chi connectivity index (χ2n) is 8.19. The molecular formula is C23H25N7O. The van der Waals surface area contributed by atoms with Crippen molar-refractivity contribution in [2.45, 2.75) is 12.8 Å². The Bertz CT molecular complexity index is 1190. The van der Waals surface area contributed by atoms with Gasteiger partial charge in [0.2, 0.25) is 0 Å². The Labute approximate surface area is 180 Å². The number of benzene rings is 2. The molecule has 2 aromatic heterocycles. The van der Waals surface area contributed by atoms with Crippen molar-refractivity contribution in [3.63, 3.8) is 0 Å². The average Bonchev–Trinajstić information content (AvgIpc) is 3.45. The van der Waals surface area contributed by atoms with Crippen molar-refractivity contribution >= 4 is 16.8 Å². The van der Waals surface area contributed by atoms with Crippen LogP contribution in [0.25, 0.3) is 28.0 Å². The molecule has 158 valence electrons. The van der Waals surface area contributed by atoms with E-state index >= 15 is 0 Å². The minimum atomic E-state index is -0.0398. The fourth-order valence-electron chi connectivity index (χ4n) is 4.20. The molecule has 2 N–H and O–H groups in total. The normalized spacial score (nSPS) is 17.1. The Morgan fingerprint density at radius 1 is 1.19 bits per heavy atom. The Morgan fingerprint density at radius 2 is 2.03 bits per heavy atom. The number of rotatable bonds is 5. The van der Waals surface area contributed by atoms with Crippen LogP contribution >= 0.6 is 0 Å². The van der Waals surface area contributed by atoms with Crippen LogP contribution in [-0.2, 0) is 0 Å². The highest BCUT2D eigenvalue weighted by atomic mass is 16.1. The van der Waals surface area contributed by atoms with Crippen molar-refractivity contribution < 1.29 is 4.79 Å². The molecule has 1 amide bonds. The molecule has 0 saturated carbocycles. The summed E-state index contributed by atoms with van der Waals surface area (Å²) in [4.78, 5) is 14.9. The minimum absolute atomic E-state index is 0.0398. The molecule has 0 radical (unpaired) electrons. The fraction of sp³-hybridized carbons (Fsp3) is 0.304. The molecule has 1 aliphatic heterocycles. The van der Waals surface area contributed by atoms with Gasteiger partial charge in [-0.3, -0.25) is 9.89 Å². The molecule has 0 bridgehead atoms. The molecule has 4 aromatic rings. The molecule has 3 heterocycles. The van der Waals surface area contributed by atoms with E-state index in [1.54, 1.807) is 4.68 Å². The third kappa shape index (κ3) is 4.06. The smallest absolute Gasteiger partial charge is 0.251 e. The zero-order valence-electron chi connectivity index (χ0n) is 17.5. The maximum absolute atomic E-state index is 12.5. The standard InChI is InChI=1S/C23H25N7O/c1-29-12-4-5-16(14-29)13-24-23(31)17-8-10-18(11-9-17)30-15-21(26-28-30)22-19-6-2-3-7-20(19)25-27-22/h2-3,6-11,15-16H,4-5,12-14H2,1H3,(H,24,31)(H,25,27). The van der Waals surface area contributed by atoms with Crippen LogP contribution in [0.15, 0.2) is 54.7 Å². The number of amides is 1. The van der Waals surface area contributed by atoms with Crippen LogP contribution in [0, 0.1) is 5.92 Å². The first-order valence-electron chi connectivity index (χ1n) is 10.6. The number of aromatic amines is 1. The minimum Gasteiger partial charge on any atom is -0.352 e. The summed E-state index contributed by atoms with van der Waals surface area (Å²) in [5, 5.41) is 20.0. The molecule has 0 aliphatic carbocycles. The predicted octanol–water partition coefficient (Wildman–Crippen LogP) is 2.88. The number of para-hydroxylation sites is 1. The van der Waals surface area contributed by atoms with Crippen LogP contribution in [0.1, 0.15) is 23.2 Å². The molecule has 1 fully saturated rings. The summed E-state index contributed by atoms with van der Waals surface area (Å²) >= 11 is 0. The first-order valence-corrected chi connectivity index (χ1v) is 10.6. The van der Waals surface area contributed by atoms with Crippen molar-refractivity contribution in [1.29, 1.82) is 0 Å². The molecular weight excluding hydrogens is 390 g/mol. The Kier molecular flexibility index (Phi) is 5.21. The van der Waals surface area contributed by atoms with Crippen LogP contribution in [0.5, 0.6) is 0 Å². The predicted molar refractivity (Wildman–Crippen MR) is 119 cm³/mol. The van der Waals surface area contributed by atoms with Gasteiger partial charge in [0.15, 0.2) is 0 Å². The van der Waals surface area contributed by atoms with Gasteiger partial charge in [-0.2, -0.15) is 5.10 Å². The molecule has 1 saturated heterocycles. The lowest BCUT2D eigenvalue weighted by Crippen LogP contribution is -2.39. The SMILES string of the molecule is CN1CCCC(CNC(=O)c2ccc(-n3cc(-c4n[nH]c5ccccc45)nn3)cc2)C1. The number of hydrogen-bond donors (Lipinski definition) is 2. The second-order valence-corrected chi connectivity index (χ2v) is 8.19. The monoisotopic (exact) mass is 415 g/mol. The summed E-state index contributed by atoms with van der Waals surface area (Å²) in [5.41, 5.74) is 3.90. The topological polar surface area (TPSA) is 91.7 Å². The molecule has 5 rings (SSSR count). The van der Waals surface area contributed by atoms with Gasteiger partial charge in [0, 0.05) is 24.0 Å². The van der Waals surface area contributed by atoms with Crippen LogP contribution in [-0.4, -0.2) is 62.7 Å². The van der Waals surface area contributed by atoms with Crippen molar-refractivity contribution in [2.24, 2.45) is 5.92 Å². The van der Waals surface area contributed by atoms with Crippen LogP contribution in [0.3, 0.4) is 0 Å². The Morgan fingerprint density at radius 3 is 2.87 bits per heavy atom. The maximum Gasteiger partial charge on any atom is 0.251 e. The molecule has 8 heteroatoms. The van der Waals surface area contributed by atoms with Crippen molar-refractivity contribution in [1.82, 2.24) is 35.4 Å². The number of likely N-dealkylation sites (tertiary alicyclic amines) is 1. The van der Waals surface area contributed by atoms with E-state index in [0.29, 0.717) is 17.2 Å². The largest absolute Gasteiger partial charge is 0.352 e. The Hall–Kier alpha value is -3.52. The lowest BCUT2D eigenvalue weighted by atomic mass is 9.98. The number of aromatic nitrogens is 5. The van der Waals surface area contributed by atoms with Crippen LogP contribution < -0.4 is 5.32 Å². The number of nitrogens with one attached hydrogen (secondary N) is 2. The van der Waals surface area contributed by atoms with Crippen molar-refractivity contribution in [3.05, 3.63) is 60.3 Å². The van der Waals surface area contributed by atoms with E-state index in [4.69, 9.17) is 0 Å². The maximum atomic E-state index is 12.5. The van der Waals surface area contributed by atoms with E-state index in [1.165, 1.54) is 12.8 Å².